The van der Waals surface area contributed by atoms with Crippen LogP contribution in [0.5, 0.6) is 0 Å². The van der Waals surface area contributed by atoms with Crippen LogP contribution in [0.3, 0.4) is 0 Å². The number of H-pyrrole nitrogens is 1. The molecule has 94 valence electrons. The summed E-state index contributed by atoms with van der Waals surface area (Å²) in [5, 5.41) is 5.69. The van der Waals surface area contributed by atoms with Gasteiger partial charge in [0.05, 0.1) is 0 Å². The van der Waals surface area contributed by atoms with E-state index in [0.717, 1.165) is 31.5 Å². The number of aromatic nitrogens is 1. The first-order valence-corrected chi connectivity index (χ1v) is 7.19. The zero-order chi connectivity index (χ0) is 12.4. The summed E-state index contributed by atoms with van der Waals surface area (Å²) in [6, 6.07) is 8.19. The van der Waals surface area contributed by atoms with Gasteiger partial charge in [-0.1, -0.05) is 12.1 Å². The van der Waals surface area contributed by atoms with E-state index < -0.39 is 0 Å². The van der Waals surface area contributed by atoms with E-state index in [1.54, 1.807) is 17.4 Å². The van der Waals surface area contributed by atoms with Crippen molar-refractivity contribution < 1.29 is 0 Å². The highest BCUT2D eigenvalue weighted by atomic mass is 32.1. The summed E-state index contributed by atoms with van der Waals surface area (Å²) in [5.41, 5.74) is 2.38. The lowest BCUT2D eigenvalue weighted by atomic mass is 9.91. The summed E-state index contributed by atoms with van der Waals surface area (Å²) in [7, 11) is 0. The summed E-state index contributed by atoms with van der Waals surface area (Å²) in [6.07, 6.45) is 3.27. The van der Waals surface area contributed by atoms with Gasteiger partial charge in [-0.3, -0.25) is 4.79 Å². The van der Waals surface area contributed by atoms with Gasteiger partial charge in [0.2, 0.25) is 5.56 Å². The lowest BCUT2D eigenvalue weighted by Gasteiger charge is -2.25. The van der Waals surface area contributed by atoms with E-state index >= 15 is 0 Å². The predicted octanol–water partition coefficient (Wildman–Crippen LogP) is 2.60. The van der Waals surface area contributed by atoms with Crippen LogP contribution in [0.4, 0.5) is 0 Å². The van der Waals surface area contributed by atoms with Crippen molar-refractivity contribution in [1.82, 2.24) is 10.3 Å². The van der Waals surface area contributed by atoms with Gasteiger partial charge in [0, 0.05) is 29.2 Å². The van der Waals surface area contributed by atoms with E-state index in [4.69, 9.17) is 0 Å². The molecule has 0 saturated heterocycles. The third kappa shape index (κ3) is 2.40. The number of rotatable bonds is 3. The summed E-state index contributed by atoms with van der Waals surface area (Å²) >= 11 is 1.77. The first kappa shape index (κ1) is 11.7. The Morgan fingerprint density at radius 3 is 3.17 bits per heavy atom. The van der Waals surface area contributed by atoms with Crippen molar-refractivity contribution in [3.05, 3.63) is 56.1 Å². The molecule has 4 heteroatoms. The lowest BCUT2D eigenvalue weighted by molar-refractivity contribution is 0.455. The maximum Gasteiger partial charge on any atom is 0.248 e. The Hall–Kier alpha value is -1.39. The number of aryl methyl sites for hydroxylation is 1. The van der Waals surface area contributed by atoms with E-state index in [1.165, 1.54) is 10.4 Å². The van der Waals surface area contributed by atoms with Crippen molar-refractivity contribution in [2.75, 3.05) is 0 Å². The van der Waals surface area contributed by atoms with Crippen LogP contribution in [0.15, 0.2) is 34.4 Å². The molecule has 1 unspecified atom stereocenters. The van der Waals surface area contributed by atoms with Gasteiger partial charge in [0.25, 0.3) is 0 Å². The van der Waals surface area contributed by atoms with Gasteiger partial charge in [-0.25, -0.2) is 0 Å². The fraction of sp³-hybridized carbons (Fsp3) is 0.357. The largest absolute Gasteiger partial charge is 0.326 e. The van der Waals surface area contributed by atoms with Crippen LogP contribution in [-0.4, -0.2) is 4.98 Å². The van der Waals surface area contributed by atoms with Crippen LogP contribution in [-0.2, 0) is 13.0 Å². The fourth-order valence-electron chi connectivity index (χ4n) is 2.55. The van der Waals surface area contributed by atoms with Gasteiger partial charge in [-0.15, -0.1) is 11.3 Å². The molecule has 0 amide bonds. The van der Waals surface area contributed by atoms with Crippen LogP contribution in [0, 0.1) is 0 Å². The highest BCUT2D eigenvalue weighted by Gasteiger charge is 2.20. The second-order valence-corrected chi connectivity index (χ2v) is 5.69. The molecule has 3 nitrogen and oxygen atoms in total. The molecule has 1 atom stereocenters. The SMILES string of the molecule is O=c1ccc2c([nH]1)CCCC2NCc1cccs1. The normalized spacial score (nSPS) is 18.6. The standard InChI is InChI=1S/C14H16N2OS/c17-14-7-6-11-12(4-1-5-13(11)16-14)15-9-10-3-2-8-18-10/h2-3,6-8,12,15H,1,4-5,9H2,(H,16,17). The quantitative estimate of drug-likeness (QED) is 0.891. The van der Waals surface area contributed by atoms with Crippen molar-refractivity contribution in [1.29, 1.82) is 0 Å². The predicted molar refractivity (Wildman–Crippen MR) is 73.9 cm³/mol. The fourth-order valence-corrected chi connectivity index (χ4v) is 3.21. The van der Waals surface area contributed by atoms with Gasteiger partial charge in [-0.05, 0) is 36.3 Å². The topological polar surface area (TPSA) is 44.9 Å². The average Bonchev–Trinajstić information content (AvgIpc) is 2.89. The van der Waals surface area contributed by atoms with Gasteiger partial charge < -0.3 is 10.3 Å². The Balaban J connectivity index is 1.77. The molecule has 1 aliphatic rings. The first-order chi connectivity index (χ1) is 8.83. The van der Waals surface area contributed by atoms with Gasteiger partial charge in [0.15, 0.2) is 0 Å². The van der Waals surface area contributed by atoms with E-state index in [1.807, 2.05) is 6.07 Å². The lowest BCUT2D eigenvalue weighted by Crippen LogP contribution is -2.26. The minimum absolute atomic E-state index is 0.00709. The summed E-state index contributed by atoms with van der Waals surface area (Å²) in [5.74, 6) is 0. The van der Waals surface area contributed by atoms with Crippen molar-refractivity contribution in [2.24, 2.45) is 0 Å². The molecule has 2 heterocycles. The van der Waals surface area contributed by atoms with Gasteiger partial charge in [-0.2, -0.15) is 0 Å². The zero-order valence-electron chi connectivity index (χ0n) is 10.1. The number of pyridine rings is 1. The summed E-state index contributed by atoms with van der Waals surface area (Å²) in [4.78, 5) is 15.6. The average molecular weight is 260 g/mol. The molecular weight excluding hydrogens is 244 g/mol. The Morgan fingerprint density at radius 2 is 2.33 bits per heavy atom. The maximum absolute atomic E-state index is 11.3. The third-order valence-electron chi connectivity index (χ3n) is 3.43. The smallest absolute Gasteiger partial charge is 0.248 e. The Kier molecular flexibility index (Phi) is 3.30. The Labute approximate surface area is 110 Å². The van der Waals surface area contributed by atoms with Gasteiger partial charge in [0.1, 0.15) is 0 Å². The number of fused-ring (bicyclic) bond motifs is 1. The molecule has 18 heavy (non-hydrogen) atoms. The third-order valence-corrected chi connectivity index (χ3v) is 4.31. The van der Waals surface area contributed by atoms with Crippen LogP contribution >= 0.6 is 11.3 Å². The number of hydrogen-bond donors (Lipinski definition) is 2. The molecule has 2 N–H and O–H groups in total. The molecule has 0 fully saturated rings. The highest BCUT2D eigenvalue weighted by Crippen LogP contribution is 2.27. The van der Waals surface area contributed by atoms with E-state index in [9.17, 15) is 4.79 Å². The molecule has 0 aromatic carbocycles. The number of thiophene rings is 1. The van der Waals surface area contributed by atoms with E-state index in [2.05, 4.69) is 27.8 Å². The van der Waals surface area contributed by atoms with Gasteiger partial charge >= 0.3 is 0 Å². The molecule has 3 rings (SSSR count). The van der Waals surface area contributed by atoms with Crippen LogP contribution in [0.1, 0.15) is 35.0 Å². The minimum atomic E-state index is 0.00709. The number of hydrogen-bond acceptors (Lipinski definition) is 3. The first-order valence-electron chi connectivity index (χ1n) is 6.31. The minimum Gasteiger partial charge on any atom is -0.326 e. The van der Waals surface area contributed by atoms with Crippen LogP contribution in [0.25, 0.3) is 0 Å². The molecule has 0 spiro atoms. The summed E-state index contributed by atoms with van der Waals surface area (Å²) < 4.78 is 0. The molecule has 0 bridgehead atoms. The second kappa shape index (κ2) is 5.08. The molecular formula is C14H16N2OS. The molecule has 2 aromatic heterocycles. The Bertz CT molecular complexity index is 574. The molecule has 0 aliphatic heterocycles. The van der Waals surface area contributed by atoms with Crippen molar-refractivity contribution in [3.63, 3.8) is 0 Å². The highest BCUT2D eigenvalue weighted by molar-refractivity contribution is 7.09. The Morgan fingerprint density at radius 1 is 1.39 bits per heavy atom. The van der Waals surface area contributed by atoms with Crippen LogP contribution in [0.2, 0.25) is 0 Å². The molecule has 0 radical (unpaired) electrons. The molecule has 1 aliphatic carbocycles. The van der Waals surface area contributed by atoms with E-state index in [0.29, 0.717) is 6.04 Å². The van der Waals surface area contributed by atoms with Crippen LogP contribution < -0.4 is 10.9 Å². The monoisotopic (exact) mass is 260 g/mol. The number of nitrogens with one attached hydrogen (secondary N) is 2. The van der Waals surface area contributed by atoms with E-state index in [-0.39, 0.29) is 5.56 Å². The van der Waals surface area contributed by atoms with Crippen molar-refractivity contribution in [2.45, 2.75) is 31.8 Å². The summed E-state index contributed by atoms with van der Waals surface area (Å²) in [6.45, 7) is 0.904. The maximum atomic E-state index is 11.3. The zero-order valence-corrected chi connectivity index (χ0v) is 10.9. The molecule has 0 saturated carbocycles. The molecule has 2 aromatic rings. The van der Waals surface area contributed by atoms with Crippen molar-refractivity contribution in [3.8, 4) is 0 Å². The number of aromatic amines is 1. The second-order valence-electron chi connectivity index (χ2n) is 4.66. The van der Waals surface area contributed by atoms with Crippen molar-refractivity contribution >= 4 is 11.3 Å².